The Labute approximate surface area is 266 Å². The third-order valence-corrected chi connectivity index (χ3v) is 7.47. The molecule has 15 heteroatoms. The second kappa shape index (κ2) is 13.4. The van der Waals surface area contributed by atoms with E-state index in [0.717, 1.165) is 39.2 Å². The summed E-state index contributed by atoms with van der Waals surface area (Å²) in [5, 5.41) is 34.5. The lowest BCUT2D eigenvalue weighted by molar-refractivity contribution is -0.192. The SMILES string of the molecule is Cn1cc(-c2cc(-c3ccc(N4CCN(C(=O)Cc5ccc(C#N)cc5)CC4)nc3)c3c(C#N)cnn3c2)cn1.O=C(O)C(F)(F)F. The molecule has 47 heavy (non-hydrogen) atoms. The van der Waals surface area contributed by atoms with Crippen LogP contribution in [0.2, 0.25) is 0 Å². The summed E-state index contributed by atoms with van der Waals surface area (Å²) in [4.78, 5) is 30.5. The Bertz CT molecular complexity index is 2000. The van der Waals surface area contributed by atoms with Crippen LogP contribution >= 0.6 is 0 Å². The number of fused-ring (bicyclic) bond motifs is 1. The third-order valence-electron chi connectivity index (χ3n) is 7.47. The molecule has 0 spiro atoms. The molecule has 0 aliphatic carbocycles. The number of nitrogens with zero attached hydrogens (tertiary/aromatic N) is 9. The summed E-state index contributed by atoms with van der Waals surface area (Å²) in [6.07, 6.45) is 4.29. The number of benzene rings is 1. The molecule has 12 nitrogen and oxygen atoms in total. The number of carboxylic acid groups (broad SMARTS) is 1. The lowest BCUT2D eigenvalue weighted by Gasteiger charge is -2.35. The number of alkyl halides is 3. The Balaban J connectivity index is 0.000000559. The van der Waals surface area contributed by atoms with Crippen molar-refractivity contribution in [2.75, 3.05) is 31.1 Å². The molecule has 0 saturated carbocycles. The summed E-state index contributed by atoms with van der Waals surface area (Å²) >= 11 is 0. The van der Waals surface area contributed by atoms with Gasteiger partial charge in [-0.2, -0.15) is 33.9 Å². The van der Waals surface area contributed by atoms with Crippen molar-refractivity contribution in [1.82, 2.24) is 29.3 Å². The van der Waals surface area contributed by atoms with Crippen molar-refractivity contribution in [3.63, 3.8) is 0 Å². The van der Waals surface area contributed by atoms with Gasteiger partial charge in [0, 0.05) is 74.1 Å². The maximum atomic E-state index is 12.8. The van der Waals surface area contributed by atoms with Crippen LogP contribution in [0.5, 0.6) is 0 Å². The lowest BCUT2D eigenvalue weighted by atomic mass is 10.0. The first kappa shape index (κ1) is 32.2. The second-order valence-electron chi connectivity index (χ2n) is 10.6. The number of anilines is 1. The summed E-state index contributed by atoms with van der Waals surface area (Å²) in [7, 11) is 1.87. The first-order valence-corrected chi connectivity index (χ1v) is 14.2. The summed E-state index contributed by atoms with van der Waals surface area (Å²) < 4.78 is 35.2. The maximum Gasteiger partial charge on any atom is 0.490 e. The van der Waals surface area contributed by atoms with E-state index in [-0.39, 0.29) is 5.91 Å². The fraction of sp³-hybridized carbons (Fsp3) is 0.219. The molecule has 238 valence electrons. The van der Waals surface area contributed by atoms with Crippen molar-refractivity contribution in [2.45, 2.75) is 12.6 Å². The van der Waals surface area contributed by atoms with E-state index >= 15 is 0 Å². The Morgan fingerprint density at radius 2 is 1.60 bits per heavy atom. The number of piperazine rings is 1. The Hall–Kier alpha value is -6.22. The Kier molecular flexibility index (Phi) is 9.19. The average molecular weight is 642 g/mol. The summed E-state index contributed by atoms with van der Waals surface area (Å²) in [5.41, 5.74) is 6.37. The maximum absolute atomic E-state index is 12.8. The van der Waals surface area contributed by atoms with Gasteiger partial charge in [-0.05, 0) is 35.9 Å². The molecule has 0 bridgehead atoms. The van der Waals surface area contributed by atoms with E-state index in [9.17, 15) is 23.2 Å². The van der Waals surface area contributed by atoms with Gasteiger partial charge in [-0.15, -0.1) is 0 Å². The van der Waals surface area contributed by atoms with E-state index < -0.39 is 12.1 Å². The van der Waals surface area contributed by atoms with Crippen LogP contribution in [-0.4, -0.2) is 78.6 Å². The van der Waals surface area contributed by atoms with Gasteiger partial charge in [-0.25, -0.2) is 14.3 Å². The third kappa shape index (κ3) is 7.37. The van der Waals surface area contributed by atoms with Gasteiger partial charge < -0.3 is 14.9 Å². The molecule has 1 aliphatic rings. The minimum atomic E-state index is -5.08. The molecule has 6 rings (SSSR count). The lowest BCUT2D eigenvalue weighted by Crippen LogP contribution is -2.49. The fourth-order valence-corrected chi connectivity index (χ4v) is 5.05. The van der Waals surface area contributed by atoms with Gasteiger partial charge in [0.05, 0.1) is 41.5 Å². The van der Waals surface area contributed by atoms with Gasteiger partial charge in [0.15, 0.2) is 0 Å². The van der Waals surface area contributed by atoms with Crippen molar-refractivity contribution in [3.05, 3.63) is 90.1 Å². The Morgan fingerprint density at radius 1 is 0.894 bits per heavy atom. The average Bonchev–Trinajstić information content (AvgIpc) is 3.70. The normalized spacial score (nSPS) is 13.0. The highest BCUT2D eigenvalue weighted by Gasteiger charge is 2.38. The first-order valence-electron chi connectivity index (χ1n) is 14.2. The standard InChI is InChI=1S/C30H25N9O.C2HF3O2/c1-36-19-26(18-34-36)24-13-27(30-25(15-32)17-35-39(30)20-24)23-6-7-28(33-16-23)37-8-10-38(11-9-37)29(40)12-21-2-4-22(14-31)5-3-21;3-2(4,5)1(6)7/h2-7,13,16-20H,8-12H2,1H3;(H,6,7). The highest BCUT2D eigenvalue weighted by atomic mass is 19.4. The predicted octanol–water partition coefficient (Wildman–Crippen LogP) is 4.06. The zero-order valence-electron chi connectivity index (χ0n) is 24.9. The summed E-state index contributed by atoms with van der Waals surface area (Å²) in [6, 6.07) is 17.5. The molecule has 1 aromatic carbocycles. The van der Waals surface area contributed by atoms with Gasteiger partial charge >= 0.3 is 12.1 Å². The number of carbonyl (C=O) groups excluding carboxylic acids is 1. The number of amides is 1. The molecule has 0 unspecified atom stereocenters. The molecule has 5 aromatic rings. The van der Waals surface area contributed by atoms with Gasteiger partial charge in [-0.3, -0.25) is 9.48 Å². The van der Waals surface area contributed by atoms with Crippen LogP contribution < -0.4 is 4.90 Å². The van der Waals surface area contributed by atoms with Crippen LogP contribution in [0.1, 0.15) is 16.7 Å². The highest BCUT2D eigenvalue weighted by Crippen LogP contribution is 2.32. The highest BCUT2D eigenvalue weighted by molar-refractivity contribution is 5.87. The topological polar surface area (TPSA) is 156 Å². The zero-order chi connectivity index (χ0) is 33.7. The number of rotatable bonds is 5. The molecular formula is C32H26F3N9O3. The van der Waals surface area contributed by atoms with Gasteiger partial charge in [0.25, 0.3) is 0 Å². The van der Waals surface area contributed by atoms with Gasteiger partial charge in [0.2, 0.25) is 5.91 Å². The first-order chi connectivity index (χ1) is 22.5. The van der Waals surface area contributed by atoms with Gasteiger partial charge in [0.1, 0.15) is 11.9 Å². The van der Waals surface area contributed by atoms with Crippen LogP contribution in [0.4, 0.5) is 19.0 Å². The number of pyridine rings is 2. The minimum absolute atomic E-state index is 0.0827. The smallest absolute Gasteiger partial charge is 0.475 e. The van der Waals surface area contributed by atoms with Crippen LogP contribution in [-0.2, 0) is 23.1 Å². The van der Waals surface area contributed by atoms with Crippen molar-refractivity contribution in [1.29, 1.82) is 10.5 Å². The fourth-order valence-electron chi connectivity index (χ4n) is 5.05. The number of nitriles is 2. The van der Waals surface area contributed by atoms with Crippen LogP contribution in [0, 0.1) is 22.7 Å². The largest absolute Gasteiger partial charge is 0.490 e. The van der Waals surface area contributed by atoms with Gasteiger partial charge in [-0.1, -0.05) is 12.1 Å². The van der Waals surface area contributed by atoms with Crippen LogP contribution in [0.25, 0.3) is 27.8 Å². The number of hydrogen-bond acceptors (Lipinski definition) is 8. The van der Waals surface area contributed by atoms with E-state index in [1.54, 1.807) is 33.7 Å². The van der Waals surface area contributed by atoms with Crippen molar-refractivity contribution >= 4 is 23.2 Å². The number of carbonyl (C=O) groups is 2. The number of aliphatic carboxylic acids is 1. The monoisotopic (exact) mass is 641 g/mol. The zero-order valence-corrected chi connectivity index (χ0v) is 24.9. The van der Waals surface area contributed by atoms with Crippen LogP contribution in [0.15, 0.2) is 73.4 Å². The predicted molar refractivity (Wildman–Crippen MR) is 163 cm³/mol. The molecule has 4 aromatic heterocycles. The van der Waals surface area contributed by atoms with Crippen molar-refractivity contribution < 1.29 is 27.9 Å². The number of aryl methyl sites for hydroxylation is 1. The number of hydrogen-bond donors (Lipinski definition) is 1. The summed E-state index contributed by atoms with van der Waals surface area (Å²) in [5.74, 6) is -1.83. The Morgan fingerprint density at radius 3 is 2.15 bits per heavy atom. The van der Waals surface area contributed by atoms with E-state index in [1.165, 1.54) is 0 Å². The van der Waals surface area contributed by atoms with E-state index in [1.807, 2.05) is 60.9 Å². The molecule has 1 aliphatic heterocycles. The molecule has 0 radical (unpaired) electrons. The summed E-state index contributed by atoms with van der Waals surface area (Å²) in [6.45, 7) is 2.61. The molecule has 0 atom stereocenters. The molecule has 1 saturated heterocycles. The quantitative estimate of drug-likeness (QED) is 0.299. The minimum Gasteiger partial charge on any atom is -0.475 e. The number of halogens is 3. The molecule has 1 amide bonds. The molecule has 1 N–H and O–H groups in total. The van der Waals surface area contributed by atoms with Crippen molar-refractivity contribution in [2.24, 2.45) is 7.05 Å². The number of carboxylic acids is 1. The van der Waals surface area contributed by atoms with Crippen LogP contribution in [0.3, 0.4) is 0 Å². The second-order valence-corrected chi connectivity index (χ2v) is 10.6. The molecule has 1 fully saturated rings. The molecule has 5 heterocycles. The van der Waals surface area contributed by atoms with E-state index in [4.69, 9.17) is 20.1 Å². The number of aromatic nitrogens is 5. The molecular weight excluding hydrogens is 615 g/mol. The van der Waals surface area contributed by atoms with E-state index in [0.29, 0.717) is 43.7 Å². The van der Waals surface area contributed by atoms with E-state index in [2.05, 4.69) is 27.2 Å². The van der Waals surface area contributed by atoms with Crippen molar-refractivity contribution in [3.8, 4) is 34.4 Å².